The van der Waals surface area contributed by atoms with Crippen molar-refractivity contribution in [1.82, 2.24) is 20.3 Å². The van der Waals surface area contributed by atoms with Crippen molar-refractivity contribution in [3.05, 3.63) is 58.4 Å². The molecule has 0 saturated carbocycles. The Morgan fingerprint density at radius 2 is 2.00 bits per heavy atom. The van der Waals surface area contributed by atoms with Crippen molar-refractivity contribution >= 4 is 27.6 Å². The summed E-state index contributed by atoms with van der Waals surface area (Å²) in [5, 5.41) is 8.18. The molecule has 1 fully saturated rings. The first-order chi connectivity index (χ1) is 14.2. The van der Waals surface area contributed by atoms with E-state index in [1.807, 2.05) is 36.4 Å². The van der Waals surface area contributed by atoms with Gasteiger partial charge < -0.3 is 20.6 Å². The van der Waals surface area contributed by atoms with Gasteiger partial charge in [0.2, 0.25) is 0 Å². The molecule has 6 heteroatoms. The molecule has 0 aliphatic carbocycles. The number of anilines is 1. The molecule has 6 nitrogen and oxygen atoms in total. The van der Waals surface area contributed by atoms with E-state index in [0.29, 0.717) is 17.4 Å². The Balaban J connectivity index is 1.66. The van der Waals surface area contributed by atoms with Gasteiger partial charge in [0.05, 0.1) is 22.2 Å². The Morgan fingerprint density at radius 1 is 1.10 bits per heavy atom. The predicted octanol–water partition coefficient (Wildman–Crippen LogP) is 3.93. The molecule has 1 saturated heterocycles. The van der Waals surface area contributed by atoms with Gasteiger partial charge >= 0.3 is 0 Å². The summed E-state index contributed by atoms with van der Waals surface area (Å²) in [4.78, 5) is 24.2. The van der Waals surface area contributed by atoms with E-state index in [-0.39, 0.29) is 5.56 Å². The topological polar surface area (TPSA) is 85.6 Å². The molecule has 3 heterocycles. The fraction of sp³-hybridized carbons (Fsp3) is 0.304. The molecular formula is C23H25N5O. The van der Waals surface area contributed by atoms with Crippen molar-refractivity contribution in [3.8, 4) is 11.4 Å². The first-order valence-corrected chi connectivity index (χ1v) is 10.3. The van der Waals surface area contributed by atoms with Gasteiger partial charge in [-0.2, -0.15) is 0 Å². The zero-order valence-electron chi connectivity index (χ0n) is 16.5. The summed E-state index contributed by atoms with van der Waals surface area (Å²) in [5.74, 6) is 0.593. The lowest BCUT2D eigenvalue weighted by Crippen LogP contribution is -2.39. The first kappa shape index (κ1) is 17.9. The van der Waals surface area contributed by atoms with Gasteiger partial charge in [0.15, 0.2) is 0 Å². The second-order valence-corrected chi connectivity index (χ2v) is 7.88. The van der Waals surface area contributed by atoms with E-state index in [1.165, 1.54) is 12.8 Å². The van der Waals surface area contributed by atoms with E-state index in [0.717, 1.165) is 52.7 Å². The summed E-state index contributed by atoms with van der Waals surface area (Å²) in [6.45, 7) is 3.90. The number of hydrogen-bond donors (Lipinski definition) is 4. The van der Waals surface area contributed by atoms with Crippen LogP contribution in [0, 0.1) is 6.92 Å². The number of nitrogens with zero attached hydrogens (tertiary/aromatic N) is 1. The minimum Gasteiger partial charge on any atom is -0.382 e. The standard InChI is InChI=1S/C23H25N5O/c1-14-9-10-17-16(12-14)21(25-13-15-6-4-5-11-24-15)20(23(29)28-17)22-26-18-7-2-3-8-19(18)27-22/h2-3,7-10,12,15,24H,4-6,11,13H2,1H3,(H,26,27)(H2,25,28,29). The van der Waals surface area contributed by atoms with Crippen LogP contribution in [0.15, 0.2) is 47.3 Å². The Bertz CT molecular complexity index is 1200. The Morgan fingerprint density at radius 3 is 2.83 bits per heavy atom. The van der Waals surface area contributed by atoms with Crippen LogP contribution in [0.4, 0.5) is 5.69 Å². The Labute approximate surface area is 168 Å². The molecule has 29 heavy (non-hydrogen) atoms. The molecule has 1 aliphatic heterocycles. The molecule has 0 spiro atoms. The second kappa shape index (κ2) is 7.37. The summed E-state index contributed by atoms with van der Waals surface area (Å²) in [6.07, 6.45) is 3.62. The van der Waals surface area contributed by atoms with Crippen molar-refractivity contribution in [1.29, 1.82) is 0 Å². The highest BCUT2D eigenvalue weighted by Gasteiger charge is 2.20. The number of pyridine rings is 1. The van der Waals surface area contributed by atoms with Gasteiger partial charge in [-0.25, -0.2) is 4.98 Å². The molecule has 0 amide bonds. The number of benzene rings is 2. The number of nitrogens with one attached hydrogen (secondary N) is 4. The van der Waals surface area contributed by atoms with E-state index < -0.39 is 0 Å². The number of rotatable bonds is 4. The van der Waals surface area contributed by atoms with Crippen molar-refractivity contribution in [2.45, 2.75) is 32.2 Å². The number of para-hydroxylation sites is 2. The lowest BCUT2D eigenvalue weighted by Gasteiger charge is -2.25. The van der Waals surface area contributed by atoms with Gasteiger partial charge in [0.25, 0.3) is 5.56 Å². The highest BCUT2D eigenvalue weighted by Crippen LogP contribution is 2.31. The number of aromatic amines is 2. The summed E-state index contributed by atoms with van der Waals surface area (Å²) in [6, 6.07) is 14.4. The average Bonchev–Trinajstić information content (AvgIpc) is 3.16. The molecule has 1 unspecified atom stereocenters. The van der Waals surface area contributed by atoms with Crippen LogP contribution in [-0.4, -0.2) is 34.1 Å². The normalized spacial score (nSPS) is 17.1. The van der Waals surface area contributed by atoms with E-state index in [1.54, 1.807) is 0 Å². The van der Waals surface area contributed by atoms with Crippen LogP contribution in [-0.2, 0) is 0 Å². The first-order valence-electron chi connectivity index (χ1n) is 10.3. The zero-order chi connectivity index (χ0) is 19.8. The summed E-state index contributed by atoms with van der Waals surface area (Å²) < 4.78 is 0. The molecule has 1 atom stereocenters. The summed E-state index contributed by atoms with van der Waals surface area (Å²) in [5.41, 5.74) is 5.03. The highest BCUT2D eigenvalue weighted by molar-refractivity contribution is 5.99. The maximum Gasteiger partial charge on any atom is 0.261 e. The molecule has 1 aliphatic rings. The molecule has 4 aromatic rings. The van der Waals surface area contributed by atoms with Gasteiger partial charge in [-0.05, 0) is 50.6 Å². The van der Waals surface area contributed by atoms with Crippen LogP contribution in [0.2, 0.25) is 0 Å². The maximum atomic E-state index is 13.1. The molecule has 148 valence electrons. The van der Waals surface area contributed by atoms with E-state index in [4.69, 9.17) is 4.98 Å². The number of hydrogen-bond acceptors (Lipinski definition) is 4. The van der Waals surface area contributed by atoms with Crippen LogP contribution in [0.3, 0.4) is 0 Å². The number of piperidine rings is 1. The van der Waals surface area contributed by atoms with Crippen LogP contribution in [0.5, 0.6) is 0 Å². The lowest BCUT2D eigenvalue weighted by atomic mass is 10.0. The van der Waals surface area contributed by atoms with Gasteiger partial charge in [-0.1, -0.05) is 30.2 Å². The van der Waals surface area contributed by atoms with Crippen LogP contribution in [0.1, 0.15) is 24.8 Å². The van der Waals surface area contributed by atoms with E-state index in [9.17, 15) is 4.79 Å². The van der Waals surface area contributed by atoms with Crippen molar-refractivity contribution < 1.29 is 0 Å². The van der Waals surface area contributed by atoms with Crippen molar-refractivity contribution in [3.63, 3.8) is 0 Å². The molecular weight excluding hydrogens is 362 g/mol. The molecule has 0 bridgehead atoms. The average molecular weight is 387 g/mol. The monoisotopic (exact) mass is 387 g/mol. The third-order valence-electron chi connectivity index (χ3n) is 5.73. The third-order valence-corrected chi connectivity index (χ3v) is 5.73. The largest absolute Gasteiger partial charge is 0.382 e. The van der Waals surface area contributed by atoms with Crippen LogP contribution >= 0.6 is 0 Å². The quantitative estimate of drug-likeness (QED) is 0.427. The summed E-state index contributed by atoms with van der Waals surface area (Å²) >= 11 is 0. The number of fused-ring (bicyclic) bond motifs is 2. The Kier molecular flexibility index (Phi) is 4.56. The minimum atomic E-state index is -0.139. The van der Waals surface area contributed by atoms with Crippen LogP contribution < -0.4 is 16.2 Å². The van der Waals surface area contributed by atoms with Crippen molar-refractivity contribution in [2.75, 3.05) is 18.4 Å². The SMILES string of the molecule is Cc1ccc2[nH]c(=O)c(-c3nc4ccccc4[nH]3)c(NCC3CCCCN3)c2c1. The Hall–Kier alpha value is -3.12. The number of aryl methyl sites for hydroxylation is 1. The third kappa shape index (κ3) is 3.40. The molecule has 0 radical (unpaired) electrons. The minimum absolute atomic E-state index is 0.139. The van der Waals surface area contributed by atoms with E-state index in [2.05, 4.69) is 33.6 Å². The fourth-order valence-electron chi connectivity index (χ4n) is 4.21. The zero-order valence-corrected chi connectivity index (χ0v) is 16.5. The molecule has 2 aromatic carbocycles. The second-order valence-electron chi connectivity index (χ2n) is 7.88. The maximum absolute atomic E-state index is 13.1. The van der Waals surface area contributed by atoms with Gasteiger partial charge in [-0.3, -0.25) is 4.79 Å². The smallest absolute Gasteiger partial charge is 0.261 e. The number of imidazole rings is 1. The van der Waals surface area contributed by atoms with Gasteiger partial charge in [0.1, 0.15) is 11.4 Å². The van der Waals surface area contributed by atoms with Crippen LogP contribution in [0.25, 0.3) is 33.3 Å². The van der Waals surface area contributed by atoms with Gasteiger partial charge in [-0.15, -0.1) is 0 Å². The van der Waals surface area contributed by atoms with Gasteiger partial charge in [0, 0.05) is 18.0 Å². The number of aromatic nitrogens is 3. The van der Waals surface area contributed by atoms with E-state index >= 15 is 0 Å². The predicted molar refractivity (Wildman–Crippen MR) is 119 cm³/mol. The lowest BCUT2D eigenvalue weighted by molar-refractivity contribution is 0.414. The fourth-order valence-corrected chi connectivity index (χ4v) is 4.21. The molecule has 2 aromatic heterocycles. The number of H-pyrrole nitrogens is 2. The van der Waals surface area contributed by atoms with Crippen molar-refractivity contribution in [2.24, 2.45) is 0 Å². The molecule has 4 N–H and O–H groups in total. The summed E-state index contributed by atoms with van der Waals surface area (Å²) in [7, 11) is 0. The molecule has 5 rings (SSSR count). The highest BCUT2D eigenvalue weighted by atomic mass is 16.1.